The number of nitrogens with one attached hydrogen (secondary N) is 1. The average Bonchev–Trinajstić information content (AvgIpc) is 3.31. The summed E-state index contributed by atoms with van der Waals surface area (Å²) in [5.41, 5.74) is 0. The highest BCUT2D eigenvalue weighted by Crippen LogP contribution is 2.40. The molecule has 0 spiro atoms. The van der Waals surface area contributed by atoms with Crippen LogP contribution in [0.4, 0.5) is 0 Å². The Morgan fingerprint density at radius 1 is 1.30 bits per heavy atom. The number of rotatable bonds is 9. The third kappa shape index (κ3) is 4.95. The SMILES string of the molecule is O=C(NCC1CC1)C1=C[C@H](C2CCC2)C[C@H](OCCCCO)O1. The summed E-state index contributed by atoms with van der Waals surface area (Å²) in [6, 6.07) is 0. The standard InChI is InChI=1S/C18H29NO4/c20-8-1-2-9-22-17-11-15(14-4-3-5-14)10-16(23-17)18(21)19-12-13-6-7-13/h10,13-15,17,20H,1-9,11-12H2,(H,19,21)/t15-,17+/m0/s1. The molecule has 23 heavy (non-hydrogen) atoms. The van der Waals surface area contributed by atoms with E-state index in [2.05, 4.69) is 5.32 Å². The molecule has 0 radical (unpaired) electrons. The smallest absolute Gasteiger partial charge is 0.286 e. The maximum absolute atomic E-state index is 12.3. The molecular formula is C18H29NO4. The fourth-order valence-corrected chi connectivity index (χ4v) is 3.22. The van der Waals surface area contributed by atoms with Crippen LogP contribution >= 0.6 is 0 Å². The molecule has 0 aromatic rings. The van der Waals surface area contributed by atoms with E-state index in [-0.39, 0.29) is 18.8 Å². The van der Waals surface area contributed by atoms with Gasteiger partial charge < -0.3 is 19.9 Å². The molecule has 2 saturated carbocycles. The van der Waals surface area contributed by atoms with E-state index < -0.39 is 0 Å². The molecule has 0 bridgehead atoms. The van der Waals surface area contributed by atoms with Crippen molar-refractivity contribution in [2.24, 2.45) is 17.8 Å². The highest BCUT2D eigenvalue weighted by molar-refractivity contribution is 5.91. The molecular weight excluding hydrogens is 294 g/mol. The van der Waals surface area contributed by atoms with E-state index in [1.807, 2.05) is 6.08 Å². The summed E-state index contributed by atoms with van der Waals surface area (Å²) in [7, 11) is 0. The Labute approximate surface area is 138 Å². The molecule has 5 nitrogen and oxygen atoms in total. The van der Waals surface area contributed by atoms with Gasteiger partial charge in [-0.2, -0.15) is 0 Å². The number of hydrogen-bond donors (Lipinski definition) is 2. The lowest BCUT2D eigenvalue weighted by atomic mass is 9.73. The van der Waals surface area contributed by atoms with Crippen molar-refractivity contribution in [3.8, 4) is 0 Å². The maximum Gasteiger partial charge on any atom is 0.286 e. The molecule has 3 aliphatic rings. The van der Waals surface area contributed by atoms with E-state index >= 15 is 0 Å². The van der Waals surface area contributed by atoms with E-state index in [1.165, 1.54) is 32.1 Å². The molecule has 2 aliphatic carbocycles. The average molecular weight is 323 g/mol. The topological polar surface area (TPSA) is 67.8 Å². The molecule has 3 rings (SSSR count). The van der Waals surface area contributed by atoms with E-state index in [9.17, 15) is 4.79 Å². The zero-order valence-electron chi connectivity index (χ0n) is 13.8. The van der Waals surface area contributed by atoms with Gasteiger partial charge in [-0.25, -0.2) is 0 Å². The third-order valence-electron chi connectivity index (χ3n) is 5.17. The molecule has 1 aliphatic heterocycles. The Kier molecular flexibility index (Phi) is 5.95. The van der Waals surface area contributed by atoms with E-state index in [1.54, 1.807) is 0 Å². The fraction of sp³-hybridized carbons (Fsp3) is 0.833. The van der Waals surface area contributed by atoms with Crippen LogP contribution in [0.1, 0.15) is 51.4 Å². The van der Waals surface area contributed by atoms with Crippen molar-refractivity contribution >= 4 is 5.91 Å². The first-order valence-corrected chi connectivity index (χ1v) is 9.15. The van der Waals surface area contributed by atoms with Crippen LogP contribution in [-0.2, 0) is 14.3 Å². The second-order valence-corrected chi connectivity index (χ2v) is 7.12. The van der Waals surface area contributed by atoms with Crippen LogP contribution in [0.3, 0.4) is 0 Å². The third-order valence-corrected chi connectivity index (χ3v) is 5.17. The lowest BCUT2D eigenvalue weighted by Gasteiger charge is -2.37. The number of unbranched alkanes of at least 4 members (excludes halogenated alkanes) is 1. The molecule has 2 atom stereocenters. The number of aliphatic hydroxyl groups is 1. The quantitative estimate of drug-likeness (QED) is 0.639. The van der Waals surface area contributed by atoms with Gasteiger partial charge >= 0.3 is 0 Å². The van der Waals surface area contributed by atoms with Crippen molar-refractivity contribution in [3.63, 3.8) is 0 Å². The van der Waals surface area contributed by atoms with Crippen molar-refractivity contribution < 1.29 is 19.4 Å². The molecule has 0 saturated heterocycles. The molecule has 0 aromatic heterocycles. The lowest BCUT2D eigenvalue weighted by Crippen LogP contribution is -2.36. The molecule has 1 heterocycles. The van der Waals surface area contributed by atoms with Crippen LogP contribution in [0.5, 0.6) is 0 Å². The number of amides is 1. The number of aliphatic hydroxyl groups excluding tert-OH is 1. The van der Waals surface area contributed by atoms with Gasteiger partial charge in [-0.1, -0.05) is 6.42 Å². The summed E-state index contributed by atoms with van der Waals surface area (Å²) in [4.78, 5) is 12.3. The molecule has 0 aromatic carbocycles. The van der Waals surface area contributed by atoms with Crippen LogP contribution in [0, 0.1) is 17.8 Å². The summed E-state index contributed by atoms with van der Waals surface area (Å²) >= 11 is 0. The normalized spacial score (nSPS) is 27.8. The number of allylic oxidation sites excluding steroid dienone is 1. The number of ether oxygens (including phenoxy) is 2. The van der Waals surface area contributed by atoms with Crippen LogP contribution < -0.4 is 5.32 Å². The minimum atomic E-state index is -0.328. The molecule has 1 amide bonds. The summed E-state index contributed by atoms with van der Waals surface area (Å²) in [5, 5.41) is 11.8. The number of carbonyl (C=O) groups excluding carboxylic acids is 1. The minimum absolute atomic E-state index is 0.0927. The van der Waals surface area contributed by atoms with Crippen LogP contribution in [-0.4, -0.2) is 37.1 Å². The first-order valence-electron chi connectivity index (χ1n) is 9.15. The van der Waals surface area contributed by atoms with Gasteiger partial charge in [-0.05, 0) is 62.4 Å². The molecule has 2 N–H and O–H groups in total. The minimum Gasteiger partial charge on any atom is -0.459 e. The Bertz CT molecular complexity index is 429. The van der Waals surface area contributed by atoms with E-state index in [0.29, 0.717) is 30.1 Å². The van der Waals surface area contributed by atoms with Gasteiger partial charge in [0.25, 0.3) is 5.91 Å². The molecule has 130 valence electrons. The number of carbonyl (C=O) groups is 1. The van der Waals surface area contributed by atoms with Crippen molar-refractivity contribution in [1.29, 1.82) is 0 Å². The second kappa shape index (κ2) is 8.15. The Morgan fingerprint density at radius 3 is 2.78 bits per heavy atom. The highest BCUT2D eigenvalue weighted by Gasteiger charge is 2.35. The van der Waals surface area contributed by atoms with E-state index in [4.69, 9.17) is 14.6 Å². The Hall–Kier alpha value is -1.07. The zero-order chi connectivity index (χ0) is 16.1. The van der Waals surface area contributed by atoms with Gasteiger partial charge in [-0.15, -0.1) is 0 Å². The van der Waals surface area contributed by atoms with Crippen LogP contribution in [0.2, 0.25) is 0 Å². The molecule has 5 heteroatoms. The predicted octanol–water partition coefficient (Wildman–Crippen LogP) is 2.35. The predicted molar refractivity (Wildman–Crippen MR) is 86.4 cm³/mol. The summed E-state index contributed by atoms with van der Waals surface area (Å²) < 4.78 is 11.6. The lowest BCUT2D eigenvalue weighted by molar-refractivity contribution is -0.152. The van der Waals surface area contributed by atoms with Crippen LogP contribution in [0.25, 0.3) is 0 Å². The number of hydrogen-bond acceptors (Lipinski definition) is 4. The summed E-state index contributed by atoms with van der Waals surface area (Å²) in [5.74, 6) is 2.08. The van der Waals surface area contributed by atoms with Crippen molar-refractivity contribution in [2.75, 3.05) is 19.8 Å². The summed E-state index contributed by atoms with van der Waals surface area (Å²) in [6.45, 7) is 1.52. The van der Waals surface area contributed by atoms with Crippen molar-refractivity contribution in [3.05, 3.63) is 11.8 Å². The monoisotopic (exact) mass is 323 g/mol. The second-order valence-electron chi connectivity index (χ2n) is 7.12. The maximum atomic E-state index is 12.3. The van der Waals surface area contributed by atoms with Gasteiger partial charge in [0.1, 0.15) is 0 Å². The van der Waals surface area contributed by atoms with Gasteiger partial charge in [-0.3, -0.25) is 4.79 Å². The van der Waals surface area contributed by atoms with E-state index in [0.717, 1.165) is 25.8 Å². The highest BCUT2D eigenvalue weighted by atomic mass is 16.7. The van der Waals surface area contributed by atoms with Gasteiger partial charge in [0, 0.05) is 19.6 Å². The first-order chi connectivity index (χ1) is 11.3. The molecule has 0 unspecified atom stereocenters. The largest absolute Gasteiger partial charge is 0.459 e. The van der Waals surface area contributed by atoms with Gasteiger partial charge in [0.15, 0.2) is 5.76 Å². The Morgan fingerprint density at radius 2 is 2.13 bits per heavy atom. The van der Waals surface area contributed by atoms with Gasteiger partial charge in [0.05, 0.1) is 6.61 Å². The summed E-state index contributed by atoms with van der Waals surface area (Å²) in [6.07, 6.45) is 10.3. The first kappa shape index (κ1) is 16.8. The Balaban J connectivity index is 1.53. The van der Waals surface area contributed by atoms with Crippen LogP contribution in [0.15, 0.2) is 11.8 Å². The fourth-order valence-electron chi connectivity index (χ4n) is 3.22. The van der Waals surface area contributed by atoms with Gasteiger partial charge in [0.2, 0.25) is 6.29 Å². The zero-order valence-corrected chi connectivity index (χ0v) is 13.8. The van der Waals surface area contributed by atoms with Crippen molar-refractivity contribution in [1.82, 2.24) is 5.32 Å². The van der Waals surface area contributed by atoms with Crippen molar-refractivity contribution in [2.45, 2.75) is 57.7 Å². The molecule has 2 fully saturated rings.